The molecule has 2 heteroatoms. The highest BCUT2D eigenvalue weighted by atomic mass is 14.9. The summed E-state index contributed by atoms with van der Waals surface area (Å²) in [4.78, 5) is 8.71. The van der Waals surface area contributed by atoms with Crippen LogP contribution in [-0.4, -0.2) is 9.97 Å². The van der Waals surface area contributed by atoms with Gasteiger partial charge in [-0.3, -0.25) is 0 Å². The lowest BCUT2D eigenvalue weighted by atomic mass is 9.83. The van der Waals surface area contributed by atoms with E-state index in [-0.39, 0.29) is 5.41 Å². The summed E-state index contributed by atoms with van der Waals surface area (Å²) in [5, 5.41) is 0. The zero-order valence-corrected chi connectivity index (χ0v) is 16.6. The summed E-state index contributed by atoms with van der Waals surface area (Å²) in [6, 6.07) is 0. The molecule has 0 fully saturated rings. The molecule has 0 saturated heterocycles. The minimum atomic E-state index is 0.196. The molecule has 0 saturated carbocycles. The molecule has 1 heterocycles. The van der Waals surface area contributed by atoms with Crippen molar-refractivity contribution in [2.45, 2.75) is 111 Å². The van der Waals surface area contributed by atoms with E-state index in [1.54, 1.807) is 0 Å². The third-order valence-corrected chi connectivity index (χ3v) is 4.82. The molecule has 134 valence electrons. The van der Waals surface area contributed by atoms with E-state index in [1.807, 2.05) is 0 Å². The molecule has 2 nitrogen and oxygen atoms in total. The van der Waals surface area contributed by atoms with Crippen LogP contribution < -0.4 is 0 Å². The van der Waals surface area contributed by atoms with E-state index >= 15 is 0 Å². The van der Waals surface area contributed by atoms with Gasteiger partial charge in [-0.05, 0) is 31.6 Å². The van der Waals surface area contributed by atoms with E-state index in [1.165, 1.54) is 68.6 Å². The zero-order chi connectivity index (χ0) is 17.3. The molecule has 23 heavy (non-hydrogen) atoms. The highest BCUT2D eigenvalue weighted by Gasteiger charge is 2.26. The summed E-state index contributed by atoms with van der Waals surface area (Å²) in [6.45, 7) is 13.9. The molecule has 0 aliphatic carbocycles. The van der Waals surface area contributed by atoms with Crippen molar-refractivity contribution in [3.63, 3.8) is 0 Å². The second kappa shape index (κ2) is 10.2. The molecule has 0 aromatic carbocycles. The van der Waals surface area contributed by atoms with Gasteiger partial charge in [-0.2, -0.15) is 0 Å². The molecule has 0 aliphatic rings. The summed E-state index contributed by atoms with van der Waals surface area (Å²) < 4.78 is 0. The maximum Gasteiger partial charge on any atom is 0.106 e. The van der Waals surface area contributed by atoms with Gasteiger partial charge in [0.25, 0.3) is 0 Å². The number of hydrogen-bond acceptors (Lipinski definition) is 1. The maximum absolute atomic E-state index is 5.03. The highest BCUT2D eigenvalue weighted by Crippen LogP contribution is 2.31. The number of aryl methyl sites for hydroxylation is 2. The van der Waals surface area contributed by atoms with Crippen LogP contribution >= 0.6 is 0 Å². The first-order valence-electron chi connectivity index (χ1n) is 9.99. The Morgan fingerprint density at radius 3 is 2.26 bits per heavy atom. The Morgan fingerprint density at radius 1 is 0.957 bits per heavy atom. The van der Waals surface area contributed by atoms with Gasteiger partial charge in [0.1, 0.15) is 5.82 Å². The van der Waals surface area contributed by atoms with E-state index in [0.717, 1.165) is 18.8 Å². The van der Waals surface area contributed by atoms with Gasteiger partial charge in [0.05, 0.1) is 5.69 Å². The fourth-order valence-electron chi connectivity index (χ4n) is 3.46. The zero-order valence-electron chi connectivity index (χ0n) is 16.6. The summed E-state index contributed by atoms with van der Waals surface area (Å²) in [5.41, 5.74) is 2.95. The summed E-state index contributed by atoms with van der Waals surface area (Å²) >= 11 is 0. The topological polar surface area (TPSA) is 28.7 Å². The molecule has 1 aromatic heterocycles. The minimum absolute atomic E-state index is 0.196. The number of H-pyrrole nitrogens is 1. The Labute approximate surface area is 144 Å². The van der Waals surface area contributed by atoms with E-state index in [4.69, 9.17) is 4.98 Å². The smallest absolute Gasteiger partial charge is 0.106 e. The Hall–Kier alpha value is -0.790. The van der Waals surface area contributed by atoms with Gasteiger partial charge in [0.2, 0.25) is 0 Å². The van der Waals surface area contributed by atoms with Crippen LogP contribution in [0.1, 0.15) is 110 Å². The number of rotatable bonds is 12. The lowest BCUT2D eigenvalue weighted by Crippen LogP contribution is -2.19. The quantitative estimate of drug-likeness (QED) is 0.432. The van der Waals surface area contributed by atoms with Crippen molar-refractivity contribution < 1.29 is 0 Å². The predicted octanol–water partition coefficient (Wildman–Crippen LogP) is 6.59. The van der Waals surface area contributed by atoms with Crippen LogP contribution in [0.5, 0.6) is 0 Å². The first kappa shape index (κ1) is 20.3. The molecule has 0 spiro atoms. The predicted molar refractivity (Wildman–Crippen MR) is 102 cm³/mol. The van der Waals surface area contributed by atoms with Crippen LogP contribution in [0.25, 0.3) is 0 Å². The Morgan fingerprint density at radius 2 is 1.65 bits per heavy atom. The van der Waals surface area contributed by atoms with Crippen LogP contribution in [0, 0.1) is 5.92 Å². The summed E-state index contributed by atoms with van der Waals surface area (Å²) in [7, 11) is 0. The lowest BCUT2D eigenvalue weighted by Gasteiger charge is -2.23. The van der Waals surface area contributed by atoms with Crippen molar-refractivity contribution in [1.82, 2.24) is 9.97 Å². The molecule has 1 N–H and O–H groups in total. The van der Waals surface area contributed by atoms with Crippen LogP contribution in [0.4, 0.5) is 0 Å². The molecule has 0 aliphatic heterocycles. The van der Waals surface area contributed by atoms with Crippen molar-refractivity contribution in [1.29, 1.82) is 0 Å². The van der Waals surface area contributed by atoms with Crippen molar-refractivity contribution >= 4 is 0 Å². The molecule has 1 rings (SSSR count). The number of unbranched alkanes of at least 4 members (excludes halogenated alkanes) is 3. The second-order valence-corrected chi connectivity index (χ2v) is 8.24. The van der Waals surface area contributed by atoms with Gasteiger partial charge in [0, 0.05) is 17.5 Å². The van der Waals surface area contributed by atoms with Crippen molar-refractivity contribution in [2.24, 2.45) is 5.92 Å². The molecular weight excluding hydrogens is 280 g/mol. The number of aromatic amines is 1. The van der Waals surface area contributed by atoms with Crippen LogP contribution in [0.15, 0.2) is 0 Å². The fourth-order valence-corrected chi connectivity index (χ4v) is 3.46. The highest BCUT2D eigenvalue weighted by molar-refractivity contribution is 5.23. The van der Waals surface area contributed by atoms with Crippen molar-refractivity contribution in [3.8, 4) is 0 Å². The number of hydrogen-bond donors (Lipinski definition) is 1. The molecular formula is C21H40N2. The fraction of sp³-hybridized carbons (Fsp3) is 0.857. The summed E-state index contributed by atoms with van der Waals surface area (Å²) in [5.74, 6) is 2.04. The summed E-state index contributed by atoms with van der Waals surface area (Å²) in [6.07, 6.45) is 12.5. The molecule has 0 amide bonds. The Bertz CT molecular complexity index is 429. The lowest BCUT2D eigenvalue weighted by molar-refractivity contribution is 0.454. The first-order chi connectivity index (χ1) is 10.9. The van der Waals surface area contributed by atoms with E-state index in [0.29, 0.717) is 0 Å². The third-order valence-electron chi connectivity index (χ3n) is 4.82. The van der Waals surface area contributed by atoms with Gasteiger partial charge in [-0.25, -0.2) is 4.98 Å². The molecule has 0 radical (unpaired) electrons. The molecule has 1 aromatic rings. The molecule has 0 atom stereocenters. The standard InChI is InChI=1S/C21H40N2/c1-7-9-10-15-19-22-18(14-12-11-13-17(3)4)20(23-19)21(5,6)16-8-2/h17H,7-16H2,1-6H3,(H,22,23). The van der Waals surface area contributed by atoms with Crippen molar-refractivity contribution in [2.75, 3.05) is 0 Å². The first-order valence-corrected chi connectivity index (χ1v) is 9.99. The normalized spacial score (nSPS) is 12.3. The second-order valence-electron chi connectivity index (χ2n) is 8.24. The van der Waals surface area contributed by atoms with Crippen LogP contribution in [0.3, 0.4) is 0 Å². The van der Waals surface area contributed by atoms with Crippen molar-refractivity contribution in [3.05, 3.63) is 17.2 Å². The van der Waals surface area contributed by atoms with Gasteiger partial charge < -0.3 is 4.98 Å². The van der Waals surface area contributed by atoms with Gasteiger partial charge in [-0.15, -0.1) is 0 Å². The average Bonchev–Trinajstić information content (AvgIpc) is 2.88. The Kier molecular flexibility index (Phi) is 8.94. The monoisotopic (exact) mass is 320 g/mol. The maximum atomic E-state index is 5.03. The third kappa shape index (κ3) is 7.10. The number of nitrogens with zero attached hydrogens (tertiary/aromatic N) is 1. The molecule has 0 unspecified atom stereocenters. The molecule has 0 bridgehead atoms. The van der Waals surface area contributed by atoms with Crippen LogP contribution in [-0.2, 0) is 18.3 Å². The Balaban J connectivity index is 2.78. The SMILES string of the molecule is CCCCCc1nc(C(C)(C)CCC)c(CCCCC(C)C)[nH]1. The number of nitrogens with one attached hydrogen (secondary N) is 1. The number of aromatic nitrogens is 2. The number of imidazole rings is 1. The van der Waals surface area contributed by atoms with E-state index < -0.39 is 0 Å². The van der Waals surface area contributed by atoms with E-state index in [9.17, 15) is 0 Å². The van der Waals surface area contributed by atoms with Crippen LogP contribution in [0.2, 0.25) is 0 Å². The van der Waals surface area contributed by atoms with E-state index in [2.05, 4.69) is 46.5 Å². The minimum Gasteiger partial charge on any atom is -0.346 e. The van der Waals surface area contributed by atoms with Gasteiger partial charge >= 0.3 is 0 Å². The largest absolute Gasteiger partial charge is 0.346 e. The van der Waals surface area contributed by atoms with Gasteiger partial charge in [-0.1, -0.05) is 73.6 Å². The van der Waals surface area contributed by atoms with Gasteiger partial charge in [0.15, 0.2) is 0 Å². The average molecular weight is 321 g/mol.